The SMILES string of the molecule is C[C@@H]1O[C@@]2(O)C3[C@H](O)CCC[C@H]3[C@@]13C(=O)[C@@]1(CCC4=C(O1)[C@H](COO)CC(C)(C)C4)CC(C)(C)[C@H]3[C@@H]2O. The average Bonchev–Trinajstić information content (AvgIpc) is 2.79. The Kier molecular flexibility index (Phi) is 5.67. The molecule has 2 bridgehead atoms. The molecule has 7 rings (SSSR count). The highest BCUT2D eigenvalue weighted by molar-refractivity contribution is 5.96. The zero-order chi connectivity index (χ0) is 26.8. The molecule has 0 amide bonds. The largest absolute Gasteiger partial charge is 0.483 e. The van der Waals surface area contributed by atoms with E-state index in [1.165, 1.54) is 5.57 Å². The van der Waals surface area contributed by atoms with Gasteiger partial charge in [0, 0.05) is 17.8 Å². The van der Waals surface area contributed by atoms with Gasteiger partial charge in [0.15, 0.2) is 17.2 Å². The summed E-state index contributed by atoms with van der Waals surface area (Å²) < 4.78 is 13.1. The van der Waals surface area contributed by atoms with Gasteiger partial charge in [-0.25, -0.2) is 4.89 Å². The summed E-state index contributed by atoms with van der Waals surface area (Å²) in [7, 11) is 0. The molecule has 5 fully saturated rings. The van der Waals surface area contributed by atoms with Crippen LogP contribution in [0.3, 0.4) is 0 Å². The van der Waals surface area contributed by atoms with Crippen LogP contribution in [0.2, 0.25) is 0 Å². The maximum absolute atomic E-state index is 15.1. The Hall–Kier alpha value is -1.03. The molecule has 1 unspecified atom stereocenters. The van der Waals surface area contributed by atoms with Gasteiger partial charge in [-0.3, -0.25) is 10.1 Å². The van der Waals surface area contributed by atoms with Gasteiger partial charge in [0.05, 0.1) is 24.2 Å². The van der Waals surface area contributed by atoms with Crippen molar-refractivity contribution in [2.45, 2.75) is 116 Å². The fourth-order valence-corrected chi connectivity index (χ4v) is 10.4. The number of carbonyl (C=O) groups excluding carboxylic acids is 1. The number of ether oxygens (including phenoxy) is 2. The van der Waals surface area contributed by atoms with E-state index in [9.17, 15) is 20.6 Å². The molecule has 10 atom stereocenters. The van der Waals surface area contributed by atoms with Crippen molar-refractivity contribution in [1.82, 2.24) is 0 Å². The van der Waals surface area contributed by atoms with Gasteiger partial charge in [-0.15, -0.1) is 0 Å². The third kappa shape index (κ3) is 3.26. The van der Waals surface area contributed by atoms with E-state index in [1.807, 2.05) is 6.92 Å². The number of allylic oxidation sites excluding steroid dienone is 1. The Morgan fingerprint density at radius 2 is 1.86 bits per heavy atom. The predicted molar refractivity (Wildman–Crippen MR) is 133 cm³/mol. The number of rotatable bonds is 2. The summed E-state index contributed by atoms with van der Waals surface area (Å²) in [6.45, 7) is 10.5. The van der Waals surface area contributed by atoms with Gasteiger partial charge in [-0.1, -0.05) is 34.1 Å². The van der Waals surface area contributed by atoms with Crippen molar-refractivity contribution in [3.63, 3.8) is 0 Å². The molecule has 0 aromatic rings. The number of Topliss-reactive ketones (excluding diaryl/α,β-unsaturated/α-hetero) is 1. The normalized spacial score (nSPS) is 51.8. The lowest BCUT2D eigenvalue weighted by molar-refractivity contribution is -0.440. The lowest BCUT2D eigenvalue weighted by Crippen LogP contribution is -2.84. The monoisotopic (exact) mass is 520 g/mol. The van der Waals surface area contributed by atoms with Crippen molar-refractivity contribution in [3.8, 4) is 0 Å². The van der Waals surface area contributed by atoms with E-state index in [0.717, 1.165) is 31.4 Å². The third-order valence-electron chi connectivity index (χ3n) is 11.3. The highest BCUT2D eigenvalue weighted by Crippen LogP contribution is 2.72. The smallest absolute Gasteiger partial charge is 0.198 e. The molecule has 8 nitrogen and oxygen atoms in total. The van der Waals surface area contributed by atoms with Gasteiger partial charge in [0.1, 0.15) is 11.9 Å². The Labute approximate surface area is 219 Å². The fraction of sp³-hybridized carbons (Fsp3) is 0.897. The van der Waals surface area contributed by atoms with Crippen LogP contribution in [-0.2, 0) is 19.2 Å². The molecule has 0 radical (unpaired) electrons. The first-order chi connectivity index (χ1) is 17.2. The van der Waals surface area contributed by atoms with Gasteiger partial charge in [-0.05, 0) is 74.2 Å². The van der Waals surface area contributed by atoms with Crippen molar-refractivity contribution in [1.29, 1.82) is 0 Å². The molecule has 8 heteroatoms. The van der Waals surface area contributed by atoms with E-state index in [0.29, 0.717) is 25.7 Å². The number of hydrogen-bond donors (Lipinski definition) is 4. The van der Waals surface area contributed by atoms with Crippen LogP contribution >= 0.6 is 0 Å². The molecule has 0 aromatic heterocycles. The van der Waals surface area contributed by atoms with Gasteiger partial charge in [0.25, 0.3) is 0 Å². The second-order valence-electron chi connectivity index (χ2n) is 14.6. The van der Waals surface area contributed by atoms with Crippen LogP contribution in [0.15, 0.2) is 11.3 Å². The highest BCUT2D eigenvalue weighted by Gasteiger charge is 2.82. The molecular weight excluding hydrogens is 476 g/mol. The summed E-state index contributed by atoms with van der Waals surface area (Å²) in [4.78, 5) is 19.7. The average molecular weight is 521 g/mol. The lowest BCUT2D eigenvalue weighted by Gasteiger charge is -2.74. The van der Waals surface area contributed by atoms with E-state index in [1.54, 1.807) is 0 Å². The Morgan fingerprint density at radius 1 is 1.14 bits per heavy atom. The molecule has 2 saturated heterocycles. The van der Waals surface area contributed by atoms with Crippen LogP contribution in [0.1, 0.15) is 86.0 Å². The zero-order valence-electron chi connectivity index (χ0n) is 22.8. The molecule has 4 N–H and O–H groups in total. The van der Waals surface area contributed by atoms with Gasteiger partial charge >= 0.3 is 0 Å². The van der Waals surface area contributed by atoms with Crippen molar-refractivity contribution < 1.29 is 39.7 Å². The Balaban J connectivity index is 1.49. The quantitative estimate of drug-likeness (QED) is 0.322. The van der Waals surface area contributed by atoms with Gasteiger partial charge < -0.3 is 24.8 Å². The summed E-state index contributed by atoms with van der Waals surface area (Å²) in [6.07, 6.45) is 2.62. The molecule has 0 aromatic carbocycles. The number of ketones is 1. The number of aliphatic hydroxyl groups is 3. The summed E-state index contributed by atoms with van der Waals surface area (Å²) in [6, 6.07) is 0. The van der Waals surface area contributed by atoms with Crippen molar-refractivity contribution >= 4 is 5.78 Å². The molecule has 208 valence electrons. The summed E-state index contributed by atoms with van der Waals surface area (Å²) in [5.41, 5.74) is -1.46. The van der Waals surface area contributed by atoms with Gasteiger partial charge in [-0.2, -0.15) is 0 Å². The van der Waals surface area contributed by atoms with Crippen LogP contribution in [0.5, 0.6) is 0 Å². The van der Waals surface area contributed by atoms with Crippen LogP contribution in [0.4, 0.5) is 0 Å². The lowest BCUT2D eigenvalue weighted by atomic mass is 9.36. The van der Waals surface area contributed by atoms with Crippen molar-refractivity contribution in [2.24, 2.45) is 39.9 Å². The molecule has 3 saturated carbocycles. The number of carbonyl (C=O) groups is 1. The van der Waals surface area contributed by atoms with Crippen LogP contribution in [0.25, 0.3) is 0 Å². The highest BCUT2D eigenvalue weighted by atomic mass is 17.1. The van der Waals surface area contributed by atoms with Crippen LogP contribution in [0, 0.1) is 39.9 Å². The maximum Gasteiger partial charge on any atom is 0.198 e. The van der Waals surface area contributed by atoms with Crippen LogP contribution < -0.4 is 0 Å². The number of hydrogen-bond acceptors (Lipinski definition) is 8. The zero-order valence-corrected chi connectivity index (χ0v) is 22.8. The predicted octanol–water partition coefficient (Wildman–Crippen LogP) is 3.58. The summed E-state index contributed by atoms with van der Waals surface area (Å²) >= 11 is 0. The van der Waals surface area contributed by atoms with Crippen molar-refractivity contribution in [3.05, 3.63) is 11.3 Å². The Bertz CT molecular complexity index is 1020. The molecule has 4 aliphatic carbocycles. The molecule has 2 spiro atoms. The minimum Gasteiger partial charge on any atom is -0.483 e. The molecular formula is C29H44O8. The van der Waals surface area contributed by atoms with E-state index >= 15 is 4.79 Å². The first kappa shape index (κ1) is 26.2. The van der Waals surface area contributed by atoms with E-state index in [2.05, 4.69) is 32.6 Å². The third-order valence-corrected chi connectivity index (χ3v) is 11.3. The van der Waals surface area contributed by atoms with Crippen molar-refractivity contribution in [2.75, 3.05) is 6.61 Å². The fourth-order valence-electron chi connectivity index (χ4n) is 10.4. The standard InChI is InChI=1S/C29H44O8/c1-15-28-18-7-6-8-19(30)20(18)29(33,36-15)23(31)22(28)26(4,5)14-27(24(28)32)10-9-16-11-25(2,3)12-17(13-35-34)21(16)37-27/h15,17-20,22-23,30-31,33-34H,6-14H2,1-5H3/t15-,17-,18+,19+,20?,22+,23-,27+,28-,29-/m0/s1. The van der Waals surface area contributed by atoms with Gasteiger partial charge in [0.2, 0.25) is 0 Å². The number of aliphatic hydroxyl groups excluding tert-OH is 2. The number of fused-ring (bicyclic) bond motifs is 1. The maximum atomic E-state index is 15.1. The van der Waals surface area contributed by atoms with Crippen LogP contribution in [-0.4, -0.2) is 62.7 Å². The topological polar surface area (TPSA) is 126 Å². The van der Waals surface area contributed by atoms with E-state index < -0.39 is 52.4 Å². The summed E-state index contributed by atoms with van der Waals surface area (Å²) in [5, 5.41) is 43.9. The first-order valence-corrected chi connectivity index (χ1v) is 14.2. The minimum absolute atomic E-state index is 0.0400. The second kappa shape index (κ2) is 8.01. The van der Waals surface area contributed by atoms with E-state index in [4.69, 9.17) is 9.47 Å². The molecule has 3 heterocycles. The first-order valence-electron chi connectivity index (χ1n) is 14.2. The minimum atomic E-state index is -1.87. The molecule has 3 aliphatic heterocycles. The molecule has 7 aliphatic rings. The second-order valence-corrected chi connectivity index (χ2v) is 14.6. The summed E-state index contributed by atoms with van der Waals surface area (Å²) in [5.74, 6) is -2.80. The van der Waals surface area contributed by atoms with E-state index in [-0.39, 0.29) is 29.6 Å². The Morgan fingerprint density at radius 3 is 2.57 bits per heavy atom. The molecule has 37 heavy (non-hydrogen) atoms.